The number of hydrogen-bond acceptors (Lipinski definition) is 4. The van der Waals surface area contributed by atoms with Crippen LogP contribution in [0.2, 0.25) is 0 Å². The highest BCUT2D eigenvalue weighted by Gasteiger charge is 2.01. The largest absolute Gasteiger partial charge is 0.508 e. The van der Waals surface area contributed by atoms with Crippen molar-refractivity contribution in [3.63, 3.8) is 0 Å². The van der Waals surface area contributed by atoms with Crippen LogP contribution in [0, 0.1) is 0 Å². The van der Waals surface area contributed by atoms with Gasteiger partial charge in [0.15, 0.2) is 0 Å². The van der Waals surface area contributed by atoms with Gasteiger partial charge >= 0.3 is 5.97 Å². The first kappa shape index (κ1) is 9.91. The molecule has 4 N–H and O–H groups in total. The van der Waals surface area contributed by atoms with Crippen LogP contribution in [0.4, 0.5) is 5.69 Å². The summed E-state index contributed by atoms with van der Waals surface area (Å²) < 4.78 is 0. The highest BCUT2D eigenvalue weighted by atomic mass is 16.4. The molecule has 1 aromatic rings. The van der Waals surface area contributed by atoms with E-state index in [-0.39, 0.29) is 11.4 Å². The van der Waals surface area contributed by atoms with Crippen LogP contribution in [0.25, 0.3) is 0 Å². The topological polar surface area (TPSA) is 81.6 Å². The third-order valence-electron chi connectivity index (χ3n) is 1.46. The number of phenolic OH excluding ortho intramolecular Hbond substituents is 1. The first-order chi connectivity index (χ1) is 6.59. The first-order valence-corrected chi connectivity index (χ1v) is 3.83. The Hall–Kier alpha value is -2.17. The van der Waals surface area contributed by atoms with E-state index in [0.717, 1.165) is 0 Å². The molecule has 74 valence electrons. The smallest absolute Gasteiger partial charge is 0.353 e. The standard InChI is InChI=1S/C9H10N2O3/c1-6(9(13)14)10-11-7-3-2-4-8(12)5-7/h2-5,10-12H,1H2,(H,13,14). The fourth-order valence-electron chi connectivity index (χ4n) is 0.785. The first-order valence-electron chi connectivity index (χ1n) is 3.83. The maximum absolute atomic E-state index is 10.3. The van der Waals surface area contributed by atoms with E-state index >= 15 is 0 Å². The predicted molar refractivity (Wildman–Crippen MR) is 51.6 cm³/mol. The number of hydrogen-bond donors (Lipinski definition) is 4. The quantitative estimate of drug-likeness (QED) is 0.423. The molecule has 0 fully saturated rings. The minimum absolute atomic E-state index is 0.0951. The van der Waals surface area contributed by atoms with Gasteiger partial charge in [-0.25, -0.2) is 4.79 Å². The molecular weight excluding hydrogens is 184 g/mol. The molecule has 0 unspecified atom stereocenters. The van der Waals surface area contributed by atoms with Crippen LogP contribution in [0.5, 0.6) is 5.75 Å². The number of carbonyl (C=O) groups is 1. The zero-order valence-corrected chi connectivity index (χ0v) is 7.32. The fraction of sp³-hybridized carbons (Fsp3) is 0. The van der Waals surface area contributed by atoms with Gasteiger partial charge in [0.25, 0.3) is 0 Å². The molecule has 1 rings (SSSR count). The second-order valence-electron chi connectivity index (χ2n) is 2.58. The van der Waals surface area contributed by atoms with E-state index in [2.05, 4.69) is 17.4 Å². The predicted octanol–water partition coefficient (Wildman–Crippen LogP) is 0.907. The molecule has 0 amide bonds. The lowest BCUT2D eigenvalue weighted by molar-refractivity contribution is -0.133. The molecule has 0 heterocycles. The van der Waals surface area contributed by atoms with E-state index in [1.54, 1.807) is 12.1 Å². The number of carboxylic acid groups (broad SMARTS) is 1. The molecule has 0 aliphatic rings. The Balaban J connectivity index is 2.54. The van der Waals surface area contributed by atoms with Crippen molar-refractivity contribution in [2.45, 2.75) is 0 Å². The van der Waals surface area contributed by atoms with Crippen LogP contribution in [-0.2, 0) is 4.79 Å². The van der Waals surface area contributed by atoms with Crippen molar-refractivity contribution in [3.05, 3.63) is 36.5 Å². The third kappa shape index (κ3) is 2.71. The minimum Gasteiger partial charge on any atom is -0.508 e. The Morgan fingerprint density at radius 3 is 2.71 bits per heavy atom. The summed E-state index contributed by atoms with van der Waals surface area (Å²) in [7, 11) is 0. The monoisotopic (exact) mass is 194 g/mol. The Labute approximate surface area is 80.7 Å². The molecule has 0 radical (unpaired) electrons. The number of hydrazine groups is 1. The van der Waals surface area contributed by atoms with Gasteiger partial charge in [0.2, 0.25) is 0 Å². The van der Waals surface area contributed by atoms with E-state index in [1.165, 1.54) is 12.1 Å². The Morgan fingerprint density at radius 1 is 1.43 bits per heavy atom. The SMILES string of the molecule is C=C(NNc1cccc(O)c1)C(=O)O. The van der Waals surface area contributed by atoms with Crippen LogP contribution in [0.1, 0.15) is 0 Å². The molecule has 5 nitrogen and oxygen atoms in total. The maximum atomic E-state index is 10.3. The van der Waals surface area contributed by atoms with Gasteiger partial charge in [-0.3, -0.25) is 5.43 Å². The fourth-order valence-corrected chi connectivity index (χ4v) is 0.785. The summed E-state index contributed by atoms with van der Waals surface area (Å²) >= 11 is 0. The Kier molecular flexibility index (Phi) is 2.96. The molecular formula is C9H10N2O3. The van der Waals surface area contributed by atoms with Crippen molar-refractivity contribution in [2.75, 3.05) is 5.43 Å². The lowest BCUT2D eigenvalue weighted by Crippen LogP contribution is -2.24. The van der Waals surface area contributed by atoms with Crippen LogP contribution < -0.4 is 10.9 Å². The van der Waals surface area contributed by atoms with E-state index in [9.17, 15) is 4.79 Å². The van der Waals surface area contributed by atoms with Crippen LogP contribution in [0.15, 0.2) is 36.5 Å². The molecule has 0 spiro atoms. The van der Waals surface area contributed by atoms with Gasteiger partial charge in [-0.05, 0) is 12.1 Å². The second-order valence-corrected chi connectivity index (χ2v) is 2.58. The normalized spacial score (nSPS) is 9.14. The number of aliphatic carboxylic acids is 1. The lowest BCUT2D eigenvalue weighted by atomic mass is 10.3. The highest BCUT2D eigenvalue weighted by Crippen LogP contribution is 2.14. The summed E-state index contributed by atoms with van der Waals surface area (Å²) in [4.78, 5) is 10.3. The van der Waals surface area contributed by atoms with Crippen molar-refractivity contribution in [2.24, 2.45) is 0 Å². The zero-order chi connectivity index (χ0) is 10.6. The van der Waals surface area contributed by atoms with E-state index < -0.39 is 5.97 Å². The number of benzene rings is 1. The number of carboxylic acids is 1. The van der Waals surface area contributed by atoms with E-state index in [0.29, 0.717) is 5.69 Å². The number of anilines is 1. The molecule has 0 aliphatic carbocycles. The summed E-state index contributed by atoms with van der Waals surface area (Å²) in [6.45, 7) is 3.26. The summed E-state index contributed by atoms with van der Waals surface area (Å²) in [5, 5.41) is 17.5. The van der Waals surface area contributed by atoms with Gasteiger partial charge in [-0.15, -0.1) is 0 Å². The number of aromatic hydroxyl groups is 1. The van der Waals surface area contributed by atoms with Crippen molar-refractivity contribution in [3.8, 4) is 5.75 Å². The second kappa shape index (κ2) is 4.18. The average molecular weight is 194 g/mol. The van der Waals surface area contributed by atoms with E-state index in [1.807, 2.05) is 0 Å². The molecule has 0 aromatic heterocycles. The average Bonchev–Trinajstić information content (AvgIpc) is 2.14. The van der Waals surface area contributed by atoms with Crippen molar-refractivity contribution in [1.29, 1.82) is 0 Å². The van der Waals surface area contributed by atoms with Crippen molar-refractivity contribution >= 4 is 11.7 Å². The van der Waals surface area contributed by atoms with Gasteiger partial charge in [-0.1, -0.05) is 12.6 Å². The van der Waals surface area contributed by atoms with Crippen LogP contribution in [0.3, 0.4) is 0 Å². The maximum Gasteiger partial charge on any atom is 0.353 e. The molecule has 0 saturated carbocycles. The van der Waals surface area contributed by atoms with Gasteiger partial charge in [-0.2, -0.15) is 0 Å². The molecule has 0 bridgehead atoms. The Bertz CT molecular complexity index is 363. The van der Waals surface area contributed by atoms with Crippen LogP contribution in [-0.4, -0.2) is 16.2 Å². The molecule has 0 atom stereocenters. The molecule has 14 heavy (non-hydrogen) atoms. The molecule has 1 aromatic carbocycles. The summed E-state index contributed by atoms with van der Waals surface area (Å²) in [5.41, 5.74) is 5.32. The Morgan fingerprint density at radius 2 is 2.14 bits per heavy atom. The molecule has 5 heteroatoms. The van der Waals surface area contributed by atoms with Gasteiger partial charge in [0, 0.05) is 6.07 Å². The molecule has 0 aliphatic heterocycles. The highest BCUT2D eigenvalue weighted by molar-refractivity contribution is 5.85. The minimum atomic E-state index is -1.14. The van der Waals surface area contributed by atoms with Crippen molar-refractivity contribution in [1.82, 2.24) is 5.43 Å². The third-order valence-corrected chi connectivity index (χ3v) is 1.46. The van der Waals surface area contributed by atoms with E-state index in [4.69, 9.17) is 10.2 Å². The molecule has 0 saturated heterocycles. The van der Waals surface area contributed by atoms with Gasteiger partial charge < -0.3 is 15.6 Å². The number of nitrogens with one attached hydrogen (secondary N) is 2. The van der Waals surface area contributed by atoms with Crippen molar-refractivity contribution < 1.29 is 15.0 Å². The number of phenols is 1. The zero-order valence-electron chi connectivity index (χ0n) is 7.32. The van der Waals surface area contributed by atoms with Gasteiger partial charge in [0.1, 0.15) is 11.4 Å². The number of rotatable bonds is 4. The lowest BCUT2D eigenvalue weighted by Gasteiger charge is -2.08. The van der Waals surface area contributed by atoms with Crippen LogP contribution >= 0.6 is 0 Å². The summed E-state index contributed by atoms with van der Waals surface area (Å²) in [5.74, 6) is -1.05. The van der Waals surface area contributed by atoms with Gasteiger partial charge in [0.05, 0.1) is 5.69 Å². The summed E-state index contributed by atoms with van der Waals surface area (Å²) in [6.07, 6.45) is 0. The summed E-state index contributed by atoms with van der Waals surface area (Å²) in [6, 6.07) is 6.25.